The SMILES string of the molecule is N#CCc1cc(NC(CO)CO)ccc1N. The zero-order valence-corrected chi connectivity index (χ0v) is 8.85. The van der Waals surface area contributed by atoms with E-state index in [-0.39, 0.29) is 19.6 Å². The lowest BCUT2D eigenvalue weighted by Gasteiger charge is -2.15. The summed E-state index contributed by atoms with van der Waals surface area (Å²) in [5, 5.41) is 29.4. The summed E-state index contributed by atoms with van der Waals surface area (Å²) < 4.78 is 0. The van der Waals surface area contributed by atoms with E-state index < -0.39 is 6.04 Å². The summed E-state index contributed by atoms with van der Waals surface area (Å²) in [5.74, 6) is 0. The van der Waals surface area contributed by atoms with Gasteiger partial charge in [-0.25, -0.2) is 0 Å². The Morgan fingerprint density at radius 2 is 2.06 bits per heavy atom. The molecular weight excluding hydrogens is 206 g/mol. The van der Waals surface area contributed by atoms with Crippen LogP contribution in [-0.2, 0) is 6.42 Å². The van der Waals surface area contributed by atoms with Crippen molar-refractivity contribution in [2.45, 2.75) is 12.5 Å². The number of nitrogens with zero attached hydrogens (tertiary/aromatic N) is 1. The molecule has 5 nitrogen and oxygen atoms in total. The lowest BCUT2D eigenvalue weighted by atomic mass is 10.1. The van der Waals surface area contributed by atoms with Gasteiger partial charge in [0.1, 0.15) is 0 Å². The van der Waals surface area contributed by atoms with Crippen molar-refractivity contribution in [2.24, 2.45) is 0 Å². The summed E-state index contributed by atoms with van der Waals surface area (Å²) in [4.78, 5) is 0. The summed E-state index contributed by atoms with van der Waals surface area (Å²) in [6.45, 7) is -0.317. The highest BCUT2D eigenvalue weighted by atomic mass is 16.3. The van der Waals surface area contributed by atoms with Crippen LogP contribution in [0.25, 0.3) is 0 Å². The van der Waals surface area contributed by atoms with Crippen LogP contribution in [0.4, 0.5) is 11.4 Å². The first-order chi connectivity index (χ1) is 7.71. The van der Waals surface area contributed by atoms with Gasteiger partial charge in [0.25, 0.3) is 0 Å². The van der Waals surface area contributed by atoms with Crippen molar-refractivity contribution < 1.29 is 10.2 Å². The zero-order chi connectivity index (χ0) is 12.0. The molecule has 5 heteroatoms. The number of nitrogens with one attached hydrogen (secondary N) is 1. The Bertz CT molecular complexity index is 383. The van der Waals surface area contributed by atoms with Gasteiger partial charge in [-0.2, -0.15) is 5.26 Å². The van der Waals surface area contributed by atoms with Crippen molar-refractivity contribution >= 4 is 11.4 Å². The number of anilines is 2. The molecule has 16 heavy (non-hydrogen) atoms. The smallest absolute Gasteiger partial charge is 0.0723 e. The fourth-order valence-corrected chi connectivity index (χ4v) is 1.32. The van der Waals surface area contributed by atoms with Gasteiger partial charge in [0.2, 0.25) is 0 Å². The molecule has 0 aliphatic rings. The first-order valence-corrected chi connectivity index (χ1v) is 4.95. The minimum Gasteiger partial charge on any atom is -0.398 e. The van der Waals surface area contributed by atoms with Crippen molar-refractivity contribution in [1.82, 2.24) is 0 Å². The molecule has 0 bridgehead atoms. The maximum Gasteiger partial charge on any atom is 0.0723 e. The van der Waals surface area contributed by atoms with E-state index in [1.807, 2.05) is 6.07 Å². The van der Waals surface area contributed by atoms with Crippen molar-refractivity contribution in [3.63, 3.8) is 0 Å². The average Bonchev–Trinajstić information content (AvgIpc) is 2.30. The van der Waals surface area contributed by atoms with E-state index in [0.29, 0.717) is 5.69 Å². The van der Waals surface area contributed by atoms with Crippen LogP contribution in [0.2, 0.25) is 0 Å². The summed E-state index contributed by atoms with van der Waals surface area (Å²) in [7, 11) is 0. The summed E-state index contributed by atoms with van der Waals surface area (Å²) in [6.07, 6.45) is 0.240. The monoisotopic (exact) mass is 221 g/mol. The molecular formula is C11H15N3O2. The predicted molar refractivity (Wildman–Crippen MR) is 61.8 cm³/mol. The van der Waals surface area contributed by atoms with Crippen LogP contribution in [0.1, 0.15) is 5.56 Å². The molecule has 0 amide bonds. The minimum atomic E-state index is -0.404. The molecule has 5 N–H and O–H groups in total. The number of nitriles is 1. The molecule has 0 aliphatic heterocycles. The third-order valence-electron chi connectivity index (χ3n) is 2.22. The molecule has 0 heterocycles. The van der Waals surface area contributed by atoms with Gasteiger partial charge in [-0.3, -0.25) is 0 Å². The summed E-state index contributed by atoms with van der Waals surface area (Å²) in [5.41, 5.74) is 7.73. The van der Waals surface area contributed by atoms with Gasteiger partial charge in [0, 0.05) is 11.4 Å². The Labute approximate surface area is 94.1 Å². The van der Waals surface area contributed by atoms with Crippen molar-refractivity contribution in [2.75, 3.05) is 24.3 Å². The molecule has 0 fully saturated rings. The first-order valence-electron chi connectivity index (χ1n) is 4.95. The molecule has 0 unspecified atom stereocenters. The number of benzene rings is 1. The molecule has 0 aromatic heterocycles. The normalized spacial score (nSPS) is 10.1. The van der Waals surface area contributed by atoms with Crippen molar-refractivity contribution in [1.29, 1.82) is 5.26 Å². The Morgan fingerprint density at radius 3 is 2.62 bits per heavy atom. The van der Waals surface area contributed by atoms with E-state index >= 15 is 0 Å². The highest BCUT2D eigenvalue weighted by Gasteiger charge is 2.06. The molecule has 0 saturated heterocycles. The zero-order valence-electron chi connectivity index (χ0n) is 8.85. The number of aliphatic hydroxyl groups is 2. The maximum atomic E-state index is 8.92. The Balaban J connectivity index is 2.82. The Hall–Kier alpha value is -1.77. The van der Waals surface area contributed by atoms with E-state index in [9.17, 15) is 0 Å². The van der Waals surface area contributed by atoms with Crippen molar-refractivity contribution in [3.05, 3.63) is 23.8 Å². The van der Waals surface area contributed by atoms with Crippen LogP contribution in [0, 0.1) is 11.3 Å². The number of aliphatic hydroxyl groups excluding tert-OH is 2. The van der Waals surface area contributed by atoms with Crippen LogP contribution in [-0.4, -0.2) is 29.5 Å². The standard InChI is InChI=1S/C11H15N3O2/c12-4-3-8-5-9(1-2-11(8)13)14-10(6-15)7-16/h1-2,5,10,14-16H,3,6-7,13H2. The van der Waals surface area contributed by atoms with E-state index in [1.165, 1.54) is 0 Å². The van der Waals surface area contributed by atoms with Gasteiger partial charge < -0.3 is 21.3 Å². The molecule has 0 radical (unpaired) electrons. The second-order valence-corrected chi connectivity index (χ2v) is 3.45. The third-order valence-corrected chi connectivity index (χ3v) is 2.22. The number of rotatable bonds is 5. The molecule has 0 spiro atoms. The fraction of sp³-hybridized carbons (Fsp3) is 0.364. The van der Waals surface area contributed by atoms with Crippen LogP contribution < -0.4 is 11.1 Å². The van der Waals surface area contributed by atoms with Crippen LogP contribution in [0.5, 0.6) is 0 Å². The van der Waals surface area contributed by atoms with Crippen LogP contribution in [0.3, 0.4) is 0 Å². The lowest BCUT2D eigenvalue weighted by molar-refractivity contribution is 0.204. The van der Waals surface area contributed by atoms with Gasteiger partial charge in [-0.1, -0.05) is 0 Å². The molecule has 1 aromatic rings. The maximum absolute atomic E-state index is 8.92. The number of hydrogen-bond acceptors (Lipinski definition) is 5. The third kappa shape index (κ3) is 3.12. The van der Waals surface area contributed by atoms with Crippen LogP contribution in [0.15, 0.2) is 18.2 Å². The van der Waals surface area contributed by atoms with Gasteiger partial charge >= 0.3 is 0 Å². The molecule has 0 saturated carbocycles. The highest BCUT2D eigenvalue weighted by Crippen LogP contribution is 2.18. The quantitative estimate of drug-likeness (QED) is 0.528. The summed E-state index contributed by atoms with van der Waals surface area (Å²) >= 11 is 0. The highest BCUT2D eigenvalue weighted by molar-refractivity contribution is 5.58. The van der Waals surface area contributed by atoms with Gasteiger partial charge in [0.15, 0.2) is 0 Å². The summed E-state index contributed by atoms with van der Waals surface area (Å²) in [6, 6.07) is 6.81. The average molecular weight is 221 g/mol. The molecule has 86 valence electrons. The molecule has 0 aliphatic carbocycles. The topological polar surface area (TPSA) is 102 Å². The Morgan fingerprint density at radius 1 is 1.38 bits per heavy atom. The second-order valence-electron chi connectivity index (χ2n) is 3.45. The predicted octanol–water partition coefficient (Wildman–Crippen LogP) is 0.1000. The largest absolute Gasteiger partial charge is 0.398 e. The lowest BCUT2D eigenvalue weighted by Crippen LogP contribution is -2.27. The minimum absolute atomic E-state index is 0.158. The molecule has 0 atom stereocenters. The van der Waals surface area contributed by atoms with Gasteiger partial charge in [0.05, 0.1) is 31.7 Å². The Kier molecular flexibility index (Phi) is 4.58. The van der Waals surface area contributed by atoms with Crippen molar-refractivity contribution in [3.8, 4) is 6.07 Å². The van der Waals surface area contributed by atoms with Gasteiger partial charge in [-0.05, 0) is 23.8 Å². The fourth-order valence-electron chi connectivity index (χ4n) is 1.32. The number of hydrogen-bond donors (Lipinski definition) is 4. The first kappa shape index (κ1) is 12.3. The molecule has 1 rings (SSSR count). The van der Waals surface area contributed by atoms with Gasteiger partial charge in [-0.15, -0.1) is 0 Å². The van der Waals surface area contributed by atoms with E-state index in [2.05, 4.69) is 5.32 Å². The van der Waals surface area contributed by atoms with E-state index in [0.717, 1.165) is 11.3 Å². The second kappa shape index (κ2) is 5.95. The number of nitrogen functional groups attached to an aromatic ring is 1. The van der Waals surface area contributed by atoms with E-state index in [4.69, 9.17) is 21.2 Å². The van der Waals surface area contributed by atoms with E-state index in [1.54, 1.807) is 18.2 Å². The number of nitrogens with two attached hydrogens (primary N) is 1. The molecule has 1 aromatic carbocycles. The van der Waals surface area contributed by atoms with Crippen LogP contribution >= 0.6 is 0 Å².